The highest BCUT2D eigenvalue weighted by Gasteiger charge is 2.37. The molecule has 0 bridgehead atoms. The van der Waals surface area contributed by atoms with E-state index in [0.29, 0.717) is 17.7 Å². The van der Waals surface area contributed by atoms with Crippen LogP contribution in [0.1, 0.15) is 25.8 Å². The van der Waals surface area contributed by atoms with E-state index in [9.17, 15) is 9.59 Å². The molecule has 0 aromatic heterocycles. The highest BCUT2D eigenvalue weighted by molar-refractivity contribution is 5.66. The lowest BCUT2D eigenvalue weighted by atomic mass is 9.72. The summed E-state index contributed by atoms with van der Waals surface area (Å²) in [5.74, 6) is 2.30. The molecule has 124 valence electrons. The minimum absolute atomic E-state index is 0.0520. The maximum absolute atomic E-state index is 11.0. The van der Waals surface area contributed by atoms with E-state index < -0.39 is 6.16 Å². The highest BCUT2D eigenvalue weighted by Crippen LogP contribution is 2.41. The van der Waals surface area contributed by atoms with E-state index in [1.165, 1.54) is 0 Å². The molecule has 1 aliphatic heterocycles. The van der Waals surface area contributed by atoms with Crippen molar-refractivity contribution in [3.8, 4) is 5.75 Å². The van der Waals surface area contributed by atoms with E-state index >= 15 is 0 Å². The molecule has 1 atom stereocenters. The van der Waals surface area contributed by atoms with Crippen LogP contribution in [-0.2, 0) is 11.2 Å². The summed E-state index contributed by atoms with van der Waals surface area (Å²) in [5, 5.41) is 12.3. The number of fused-ring (bicyclic) bond motifs is 1. The molecule has 0 radical (unpaired) electrons. The van der Waals surface area contributed by atoms with Crippen LogP contribution in [0.25, 0.3) is 0 Å². The Hall–Kier alpha value is -2.78. The number of hydrogen-bond donors (Lipinski definition) is 2. The number of ether oxygens (including phenoxy) is 1. The number of allylic oxidation sites excluding steroid dienone is 3. The maximum atomic E-state index is 11.0. The lowest BCUT2D eigenvalue weighted by Crippen LogP contribution is -2.43. The Bertz CT molecular complexity index is 798. The summed E-state index contributed by atoms with van der Waals surface area (Å²) in [6.07, 6.45) is 6.00. The largest absolute Gasteiger partial charge is 0.511 e. The van der Waals surface area contributed by atoms with Crippen molar-refractivity contribution in [2.45, 2.75) is 32.7 Å². The van der Waals surface area contributed by atoms with E-state index in [1.54, 1.807) is 12.1 Å². The van der Waals surface area contributed by atoms with Crippen molar-refractivity contribution in [3.05, 3.63) is 53.1 Å². The van der Waals surface area contributed by atoms with Gasteiger partial charge in [0.2, 0.25) is 0 Å². The van der Waals surface area contributed by atoms with Gasteiger partial charge in [-0.1, -0.05) is 26.0 Å². The van der Waals surface area contributed by atoms with Gasteiger partial charge in [-0.2, -0.15) is 0 Å². The van der Waals surface area contributed by atoms with Gasteiger partial charge in [0.15, 0.2) is 0 Å². The molecular weight excluding hydrogens is 306 g/mol. The number of hydrogen-bond acceptors (Lipinski definition) is 4. The van der Waals surface area contributed by atoms with Gasteiger partial charge in [0.1, 0.15) is 11.7 Å². The average Bonchev–Trinajstić information content (AvgIpc) is 2.52. The Morgan fingerprint density at radius 3 is 2.92 bits per heavy atom. The molecule has 5 nitrogen and oxygen atoms in total. The second-order valence-corrected chi connectivity index (χ2v) is 6.81. The third-order valence-corrected chi connectivity index (χ3v) is 4.46. The van der Waals surface area contributed by atoms with Gasteiger partial charge in [-0.3, -0.25) is 0 Å². The fourth-order valence-corrected chi connectivity index (χ4v) is 3.38. The first-order chi connectivity index (χ1) is 11.4. The number of rotatable bonds is 2. The van der Waals surface area contributed by atoms with Crippen LogP contribution in [0.4, 0.5) is 10.5 Å². The number of benzene rings is 1. The summed E-state index contributed by atoms with van der Waals surface area (Å²) in [6, 6.07) is 5.28. The first kappa shape index (κ1) is 16.1. The van der Waals surface area contributed by atoms with Crippen LogP contribution in [-0.4, -0.2) is 23.2 Å². The molecule has 2 N–H and O–H groups in total. The van der Waals surface area contributed by atoms with Gasteiger partial charge >= 0.3 is 6.16 Å². The first-order valence-corrected chi connectivity index (χ1v) is 7.81. The molecule has 1 aromatic carbocycles. The number of carbonyl (C=O) groups is 1. The van der Waals surface area contributed by atoms with Gasteiger partial charge < -0.3 is 15.2 Å². The number of carbonyl (C=O) groups excluding carboxylic acids is 1. The Balaban J connectivity index is 1.94. The summed E-state index contributed by atoms with van der Waals surface area (Å²) in [4.78, 5) is 21.6. The topological polar surface area (TPSA) is 75.6 Å². The molecule has 0 amide bonds. The molecular formula is C19H19NO4. The zero-order chi connectivity index (χ0) is 17.3. The Kier molecular flexibility index (Phi) is 4.04. The molecule has 1 aromatic rings. The number of carboxylic acid groups (broad SMARTS) is 1. The SMILES string of the molecule is CC1(C)Cc2cc(OC(=O)O)ccc2NC1C1=CC(=C=O)CC=C1. The van der Waals surface area contributed by atoms with E-state index in [4.69, 9.17) is 9.84 Å². The molecule has 0 fully saturated rings. The maximum Gasteiger partial charge on any atom is 0.511 e. The standard InChI is InChI=1S/C19H19NO4/c1-19(2)10-14-9-15(24-18(22)23)6-7-16(14)20-17(19)13-5-3-4-12(8-13)11-21/h3,5-9,17,20H,4,10H2,1-2H3,(H,22,23). The van der Waals surface area contributed by atoms with Crippen LogP contribution in [0.5, 0.6) is 5.75 Å². The fourth-order valence-electron chi connectivity index (χ4n) is 3.38. The van der Waals surface area contributed by atoms with Crippen molar-refractivity contribution < 1.29 is 19.4 Å². The molecule has 5 heteroatoms. The summed E-state index contributed by atoms with van der Waals surface area (Å²) >= 11 is 0. The molecule has 3 rings (SSSR count). The van der Waals surface area contributed by atoms with Crippen molar-refractivity contribution in [2.75, 3.05) is 5.32 Å². The smallest absolute Gasteiger partial charge is 0.449 e. The van der Waals surface area contributed by atoms with Crippen LogP contribution < -0.4 is 10.1 Å². The van der Waals surface area contributed by atoms with E-state index in [-0.39, 0.29) is 11.5 Å². The molecule has 0 saturated heterocycles. The van der Waals surface area contributed by atoms with Gasteiger partial charge in [-0.25, -0.2) is 9.59 Å². The van der Waals surface area contributed by atoms with Gasteiger partial charge in [0.05, 0.1) is 6.04 Å². The van der Waals surface area contributed by atoms with Gasteiger partial charge in [0.25, 0.3) is 0 Å². The van der Waals surface area contributed by atoms with Crippen LogP contribution in [0.15, 0.2) is 47.6 Å². The predicted molar refractivity (Wildman–Crippen MR) is 91.0 cm³/mol. The fraction of sp³-hybridized carbons (Fsp3) is 0.316. The summed E-state index contributed by atoms with van der Waals surface area (Å²) in [5.41, 5.74) is 3.56. The van der Waals surface area contributed by atoms with Crippen molar-refractivity contribution in [1.29, 1.82) is 0 Å². The van der Waals surface area contributed by atoms with Gasteiger partial charge in [-0.15, -0.1) is 0 Å². The van der Waals surface area contributed by atoms with Crippen LogP contribution in [0, 0.1) is 5.41 Å². The average molecular weight is 325 g/mol. The number of nitrogens with one attached hydrogen (secondary N) is 1. The quantitative estimate of drug-likeness (QED) is 0.492. The Labute approximate surface area is 140 Å². The molecule has 24 heavy (non-hydrogen) atoms. The molecule has 1 aliphatic carbocycles. The van der Waals surface area contributed by atoms with Crippen molar-refractivity contribution in [2.24, 2.45) is 5.41 Å². The Morgan fingerprint density at radius 1 is 1.42 bits per heavy atom. The first-order valence-electron chi connectivity index (χ1n) is 7.81. The van der Waals surface area contributed by atoms with Crippen molar-refractivity contribution in [3.63, 3.8) is 0 Å². The van der Waals surface area contributed by atoms with Crippen LogP contribution >= 0.6 is 0 Å². The summed E-state index contributed by atoms with van der Waals surface area (Å²) < 4.78 is 4.74. The highest BCUT2D eigenvalue weighted by atomic mass is 16.7. The molecule has 2 aliphatic rings. The molecule has 0 spiro atoms. The lowest BCUT2D eigenvalue weighted by Gasteiger charge is -2.42. The third-order valence-electron chi connectivity index (χ3n) is 4.46. The second kappa shape index (κ2) is 6.02. The summed E-state index contributed by atoms with van der Waals surface area (Å²) in [6.45, 7) is 4.29. The van der Waals surface area contributed by atoms with Crippen LogP contribution in [0.2, 0.25) is 0 Å². The summed E-state index contributed by atoms with van der Waals surface area (Å²) in [7, 11) is 0. The van der Waals surface area contributed by atoms with Crippen molar-refractivity contribution >= 4 is 17.8 Å². The zero-order valence-electron chi connectivity index (χ0n) is 13.6. The minimum atomic E-state index is -1.32. The number of anilines is 1. The predicted octanol–water partition coefficient (Wildman–Crippen LogP) is 3.75. The monoisotopic (exact) mass is 325 g/mol. The van der Waals surface area contributed by atoms with E-state index in [2.05, 4.69) is 19.2 Å². The van der Waals surface area contributed by atoms with Crippen LogP contribution in [0.3, 0.4) is 0 Å². The van der Waals surface area contributed by atoms with E-state index in [1.807, 2.05) is 30.2 Å². The Morgan fingerprint density at radius 2 is 2.21 bits per heavy atom. The molecule has 1 heterocycles. The normalized spacial score (nSPS) is 21.2. The van der Waals surface area contributed by atoms with Crippen molar-refractivity contribution in [1.82, 2.24) is 0 Å². The molecule has 1 unspecified atom stereocenters. The van der Waals surface area contributed by atoms with E-state index in [0.717, 1.165) is 23.2 Å². The second-order valence-electron chi connectivity index (χ2n) is 6.81. The molecule has 0 saturated carbocycles. The zero-order valence-corrected chi connectivity index (χ0v) is 13.6. The minimum Gasteiger partial charge on any atom is -0.449 e. The van der Waals surface area contributed by atoms with Gasteiger partial charge in [0, 0.05) is 17.7 Å². The lowest BCUT2D eigenvalue weighted by molar-refractivity contribution is 0.144. The van der Waals surface area contributed by atoms with Gasteiger partial charge in [-0.05, 0) is 47.2 Å². The third kappa shape index (κ3) is 3.12.